The normalized spacial score (nSPS) is 16.5. The molecule has 1 heterocycles. The van der Waals surface area contributed by atoms with Crippen LogP contribution >= 0.6 is 11.6 Å². The van der Waals surface area contributed by atoms with Crippen LogP contribution in [0.4, 0.5) is 5.69 Å². The molecule has 3 aromatic carbocycles. The van der Waals surface area contributed by atoms with Crippen LogP contribution in [-0.4, -0.2) is 33.2 Å². The van der Waals surface area contributed by atoms with Crippen LogP contribution in [0, 0.1) is 6.92 Å². The summed E-state index contributed by atoms with van der Waals surface area (Å²) in [4.78, 5) is 0.0993. The Morgan fingerprint density at radius 2 is 1.64 bits per heavy atom. The lowest BCUT2D eigenvalue weighted by atomic mass is 9.98. The number of hydrogen-bond donors (Lipinski definition) is 1. The van der Waals surface area contributed by atoms with Gasteiger partial charge in [0.15, 0.2) is 0 Å². The van der Waals surface area contributed by atoms with E-state index in [9.17, 15) is 16.8 Å². The van der Waals surface area contributed by atoms with E-state index in [2.05, 4.69) is 9.82 Å². The molecular weight excluding hydrogens is 482 g/mol. The Hall–Kier alpha value is -2.88. The number of rotatable bonds is 6. The van der Waals surface area contributed by atoms with Crippen LogP contribution in [0.2, 0.25) is 5.02 Å². The van der Waals surface area contributed by atoms with Gasteiger partial charge in [-0.15, -0.1) is 0 Å². The summed E-state index contributed by atoms with van der Waals surface area (Å²) >= 11 is 5.94. The van der Waals surface area contributed by atoms with Crippen molar-refractivity contribution in [1.29, 1.82) is 0 Å². The summed E-state index contributed by atoms with van der Waals surface area (Å²) in [6.45, 7) is 1.95. The molecule has 0 spiro atoms. The smallest absolute Gasteiger partial charge is 0.279 e. The summed E-state index contributed by atoms with van der Waals surface area (Å²) in [6, 6.07) is 19.8. The van der Waals surface area contributed by atoms with Gasteiger partial charge in [-0.25, -0.2) is 8.42 Å². The number of anilines is 1. The van der Waals surface area contributed by atoms with E-state index >= 15 is 0 Å². The second-order valence-corrected chi connectivity index (χ2v) is 11.8. The molecule has 1 atom stereocenters. The van der Waals surface area contributed by atoms with E-state index in [0.717, 1.165) is 21.8 Å². The third-order valence-corrected chi connectivity index (χ3v) is 7.73. The topological polar surface area (TPSA) is 95.9 Å². The molecule has 7 nitrogen and oxygen atoms in total. The minimum absolute atomic E-state index is 0.0993. The Bertz CT molecular complexity index is 1420. The minimum Gasteiger partial charge on any atom is -0.284 e. The van der Waals surface area contributed by atoms with Gasteiger partial charge in [-0.2, -0.15) is 17.9 Å². The number of halogens is 1. The predicted octanol–water partition coefficient (Wildman–Crippen LogP) is 4.56. The molecule has 1 unspecified atom stereocenters. The number of nitrogens with zero attached hydrogens (tertiary/aromatic N) is 2. The molecule has 1 N–H and O–H groups in total. The van der Waals surface area contributed by atoms with Gasteiger partial charge in [0.05, 0.1) is 22.9 Å². The largest absolute Gasteiger partial charge is 0.284 e. The van der Waals surface area contributed by atoms with Crippen molar-refractivity contribution < 1.29 is 16.8 Å². The Balaban J connectivity index is 1.74. The minimum atomic E-state index is -3.94. The fourth-order valence-electron chi connectivity index (χ4n) is 3.67. The highest BCUT2D eigenvalue weighted by Crippen LogP contribution is 2.37. The fourth-order valence-corrected chi connectivity index (χ4v) is 5.79. The first kappa shape index (κ1) is 23.3. The molecule has 0 saturated carbocycles. The molecule has 0 amide bonds. The molecule has 0 saturated heterocycles. The van der Waals surface area contributed by atoms with Crippen LogP contribution in [-0.2, 0) is 20.0 Å². The van der Waals surface area contributed by atoms with E-state index in [1.807, 2.05) is 31.2 Å². The summed E-state index contributed by atoms with van der Waals surface area (Å²) < 4.78 is 53.5. The highest BCUT2D eigenvalue weighted by Gasteiger charge is 2.37. The van der Waals surface area contributed by atoms with Crippen LogP contribution in [0.15, 0.2) is 82.8 Å². The number of sulfonamides is 2. The van der Waals surface area contributed by atoms with Crippen LogP contribution in [0.3, 0.4) is 0 Å². The van der Waals surface area contributed by atoms with Crippen molar-refractivity contribution in [2.75, 3.05) is 11.0 Å². The summed E-state index contributed by atoms with van der Waals surface area (Å²) in [7, 11) is -7.34. The maximum Gasteiger partial charge on any atom is 0.279 e. The van der Waals surface area contributed by atoms with Gasteiger partial charge < -0.3 is 0 Å². The van der Waals surface area contributed by atoms with Crippen molar-refractivity contribution in [1.82, 2.24) is 4.41 Å². The average Bonchev–Trinajstić information content (AvgIpc) is 3.20. The molecule has 3 aromatic rings. The van der Waals surface area contributed by atoms with E-state index in [0.29, 0.717) is 28.4 Å². The highest BCUT2D eigenvalue weighted by atomic mass is 35.5. The molecule has 0 radical (unpaired) electrons. The lowest BCUT2D eigenvalue weighted by Gasteiger charge is -2.23. The molecule has 172 valence electrons. The van der Waals surface area contributed by atoms with E-state index in [-0.39, 0.29) is 4.90 Å². The van der Waals surface area contributed by atoms with Gasteiger partial charge in [0, 0.05) is 17.1 Å². The monoisotopic (exact) mass is 503 g/mol. The third-order valence-electron chi connectivity index (χ3n) is 5.18. The van der Waals surface area contributed by atoms with Crippen molar-refractivity contribution in [3.05, 3.63) is 94.5 Å². The maximum absolute atomic E-state index is 13.5. The van der Waals surface area contributed by atoms with Gasteiger partial charge in [0.2, 0.25) is 10.0 Å². The molecular formula is C23H22ClN3O4S2. The van der Waals surface area contributed by atoms with E-state index in [4.69, 9.17) is 11.6 Å². The van der Waals surface area contributed by atoms with Crippen molar-refractivity contribution in [2.45, 2.75) is 24.3 Å². The first-order chi connectivity index (χ1) is 15.5. The van der Waals surface area contributed by atoms with Crippen LogP contribution in [0.25, 0.3) is 0 Å². The molecule has 1 aliphatic heterocycles. The Kier molecular flexibility index (Phi) is 6.22. The van der Waals surface area contributed by atoms with Crippen molar-refractivity contribution in [3.63, 3.8) is 0 Å². The van der Waals surface area contributed by atoms with Crippen molar-refractivity contribution >= 4 is 43.0 Å². The third kappa shape index (κ3) is 5.21. The van der Waals surface area contributed by atoms with Crippen LogP contribution < -0.4 is 4.72 Å². The zero-order valence-corrected chi connectivity index (χ0v) is 20.3. The number of benzene rings is 3. The van der Waals surface area contributed by atoms with Gasteiger partial charge in [0.25, 0.3) is 10.0 Å². The lowest BCUT2D eigenvalue weighted by Crippen LogP contribution is -2.27. The molecule has 0 bridgehead atoms. The second-order valence-electron chi connectivity index (χ2n) is 7.86. The fraction of sp³-hybridized carbons (Fsp3) is 0.174. The van der Waals surface area contributed by atoms with Gasteiger partial charge in [0.1, 0.15) is 0 Å². The highest BCUT2D eigenvalue weighted by molar-refractivity contribution is 7.92. The predicted molar refractivity (Wildman–Crippen MR) is 130 cm³/mol. The first-order valence-corrected chi connectivity index (χ1v) is 13.8. The number of hydrogen-bond acceptors (Lipinski definition) is 5. The first-order valence-electron chi connectivity index (χ1n) is 10.1. The molecule has 4 rings (SSSR count). The molecule has 0 aliphatic carbocycles. The Labute approximate surface area is 198 Å². The zero-order valence-electron chi connectivity index (χ0n) is 17.9. The second kappa shape index (κ2) is 8.81. The molecule has 10 heteroatoms. The standard InChI is InChI=1S/C23H22ClN3O4S2/c1-16-4-3-5-18(14-16)23-15-22(17-6-10-20(11-7-17)26-32(2,28)29)25-27(23)33(30,31)21-12-8-19(24)9-13-21/h3-14,23,26H,15H2,1-2H3. The summed E-state index contributed by atoms with van der Waals surface area (Å²) in [6.07, 6.45) is 1.45. The summed E-state index contributed by atoms with van der Waals surface area (Å²) in [5.41, 5.74) is 3.56. The number of hydrazone groups is 1. The Morgan fingerprint density at radius 3 is 2.24 bits per heavy atom. The number of aryl methyl sites for hydroxylation is 1. The van der Waals surface area contributed by atoms with Gasteiger partial charge in [-0.3, -0.25) is 4.72 Å². The SMILES string of the molecule is Cc1cccc(C2CC(c3ccc(NS(C)(=O)=O)cc3)=NN2S(=O)(=O)c2ccc(Cl)cc2)c1. The summed E-state index contributed by atoms with van der Waals surface area (Å²) in [5.74, 6) is 0. The molecule has 33 heavy (non-hydrogen) atoms. The average molecular weight is 504 g/mol. The quantitative estimate of drug-likeness (QED) is 0.533. The lowest BCUT2D eigenvalue weighted by molar-refractivity contribution is 0.371. The van der Waals surface area contributed by atoms with Crippen molar-refractivity contribution in [3.8, 4) is 0 Å². The zero-order chi connectivity index (χ0) is 23.8. The number of nitrogens with one attached hydrogen (secondary N) is 1. The van der Waals surface area contributed by atoms with E-state index in [1.54, 1.807) is 24.3 Å². The van der Waals surface area contributed by atoms with E-state index in [1.165, 1.54) is 24.3 Å². The summed E-state index contributed by atoms with van der Waals surface area (Å²) in [5, 5.41) is 4.95. The van der Waals surface area contributed by atoms with Crippen LogP contribution in [0.1, 0.15) is 29.2 Å². The molecule has 1 aliphatic rings. The van der Waals surface area contributed by atoms with Crippen molar-refractivity contribution in [2.24, 2.45) is 5.10 Å². The van der Waals surface area contributed by atoms with Gasteiger partial charge >= 0.3 is 0 Å². The molecule has 0 fully saturated rings. The molecule has 0 aromatic heterocycles. The van der Waals surface area contributed by atoms with E-state index < -0.39 is 26.1 Å². The van der Waals surface area contributed by atoms with Gasteiger partial charge in [-0.1, -0.05) is 53.6 Å². The van der Waals surface area contributed by atoms with Crippen LogP contribution in [0.5, 0.6) is 0 Å². The Morgan fingerprint density at radius 1 is 0.970 bits per heavy atom. The maximum atomic E-state index is 13.5. The van der Waals surface area contributed by atoms with Gasteiger partial charge in [-0.05, 0) is 54.4 Å².